The number of rotatable bonds is 6. The highest BCUT2D eigenvalue weighted by Gasteiger charge is 2.29. The molecule has 2 rings (SSSR count). The second kappa shape index (κ2) is 8.14. The first-order valence-electron chi connectivity index (χ1n) is 8.14. The van der Waals surface area contributed by atoms with Gasteiger partial charge in [-0.15, -0.1) is 11.8 Å². The maximum Gasteiger partial charge on any atom is 0.247 e. The third-order valence-corrected chi connectivity index (χ3v) is 5.85. The minimum Gasteiger partial charge on any atom is -0.324 e. The number of sulfonamides is 1. The van der Waals surface area contributed by atoms with Crippen LogP contribution in [0.5, 0.6) is 0 Å². The molecule has 0 aliphatic carbocycles. The number of anilines is 2. The van der Waals surface area contributed by atoms with Crippen molar-refractivity contribution in [3.8, 4) is 0 Å². The van der Waals surface area contributed by atoms with E-state index in [2.05, 4.69) is 5.32 Å². The van der Waals surface area contributed by atoms with E-state index in [0.717, 1.165) is 22.3 Å². The minimum absolute atomic E-state index is 0.382. The highest BCUT2D eigenvalue weighted by molar-refractivity contribution is 7.98. The molecular formula is C19H24N2O3S2. The summed E-state index contributed by atoms with van der Waals surface area (Å²) in [7, 11) is -3.63. The lowest BCUT2D eigenvalue weighted by Gasteiger charge is -2.28. The van der Waals surface area contributed by atoms with Crippen LogP contribution < -0.4 is 9.62 Å². The molecule has 2 aromatic rings. The van der Waals surface area contributed by atoms with Crippen LogP contribution in [0, 0.1) is 13.8 Å². The largest absolute Gasteiger partial charge is 0.324 e. The number of carbonyl (C=O) groups is 1. The molecule has 1 amide bonds. The van der Waals surface area contributed by atoms with Gasteiger partial charge in [0.2, 0.25) is 15.9 Å². The summed E-state index contributed by atoms with van der Waals surface area (Å²) in [6, 6.07) is 12.1. The van der Waals surface area contributed by atoms with Gasteiger partial charge in [0.15, 0.2) is 0 Å². The summed E-state index contributed by atoms with van der Waals surface area (Å²) >= 11 is 1.57. The monoisotopic (exact) mass is 392 g/mol. The molecule has 1 atom stereocenters. The Morgan fingerprint density at radius 3 is 2.27 bits per heavy atom. The second-order valence-electron chi connectivity index (χ2n) is 6.30. The highest BCUT2D eigenvalue weighted by Crippen LogP contribution is 2.25. The summed E-state index contributed by atoms with van der Waals surface area (Å²) in [5.41, 5.74) is 3.01. The average molecular weight is 393 g/mol. The van der Waals surface area contributed by atoms with Crippen molar-refractivity contribution >= 4 is 39.1 Å². The predicted octanol–water partition coefficient (Wildman–Crippen LogP) is 3.82. The van der Waals surface area contributed by atoms with Crippen LogP contribution in [0.3, 0.4) is 0 Å². The number of thioether (sulfide) groups is 1. The molecule has 0 fully saturated rings. The summed E-state index contributed by atoms with van der Waals surface area (Å²) in [5, 5.41) is 2.81. The fraction of sp³-hybridized carbons (Fsp3) is 0.316. The first-order chi connectivity index (χ1) is 12.1. The van der Waals surface area contributed by atoms with Crippen LogP contribution in [0.1, 0.15) is 18.1 Å². The molecule has 0 unspecified atom stereocenters. The highest BCUT2D eigenvalue weighted by atomic mass is 32.2. The summed E-state index contributed by atoms with van der Waals surface area (Å²) in [4.78, 5) is 13.7. The van der Waals surface area contributed by atoms with Crippen LogP contribution in [0.2, 0.25) is 0 Å². The molecule has 2 aromatic carbocycles. The van der Waals surface area contributed by atoms with E-state index >= 15 is 0 Å². The number of carbonyl (C=O) groups excluding carboxylic acids is 1. The molecule has 5 nitrogen and oxygen atoms in total. The van der Waals surface area contributed by atoms with Gasteiger partial charge in [0.1, 0.15) is 6.04 Å². The lowest BCUT2D eigenvalue weighted by Crippen LogP contribution is -2.45. The molecule has 26 heavy (non-hydrogen) atoms. The molecule has 140 valence electrons. The van der Waals surface area contributed by atoms with Crippen molar-refractivity contribution < 1.29 is 13.2 Å². The van der Waals surface area contributed by atoms with Crippen LogP contribution in [-0.2, 0) is 14.8 Å². The Balaban J connectivity index is 2.34. The summed E-state index contributed by atoms with van der Waals surface area (Å²) < 4.78 is 26.0. The average Bonchev–Trinajstić information content (AvgIpc) is 2.52. The van der Waals surface area contributed by atoms with Crippen molar-refractivity contribution in [3.05, 3.63) is 53.6 Å². The van der Waals surface area contributed by atoms with Crippen molar-refractivity contribution in [1.29, 1.82) is 0 Å². The number of amides is 1. The Kier molecular flexibility index (Phi) is 6.36. The van der Waals surface area contributed by atoms with Crippen LogP contribution in [-0.4, -0.2) is 32.9 Å². The van der Waals surface area contributed by atoms with Crippen LogP contribution in [0.15, 0.2) is 47.4 Å². The number of benzene rings is 2. The molecular weight excluding hydrogens is 368 g/mol. The van der Waals surface area contributed by atoms with Crippen molar-refractivity contribution in [3.63, 3.8) is 0 Å². The van der Waals surface area contributed by atoms with Crippen LogP contribution in [0.4, 0.5) is 11.4 Å². The molecule has 7 heteroatoms. The second-order valence-corrected chi connectivity index (χ2v) is 9.04. The van der Waals surface area contributed by atoms with Gasteiger partial charge in [-0.2, -0.15) is 0 Å². The summed E-state index contributed by atoms with van der Waals surface area (Å²) in [6.07, 6.45) is 3.07. The molecule has 1 N–H and O–H groups in total. The van der Waals surface area contributed by atoms with Gasteiger partial charge < -0.3 is 5.32 Å². The Morgan fingerprint density at radius 2 is 1.73 bits per heavy atom. The van der Waals surface area contributed by atoms with Crippen LogP contribution in [0.25, 0.3) is 0 Å². The number of nitrogens with zero attached hydrogens (tertiary/aromatic N) is 1. The lowest BCUT2D eigenvalue weighted by molar-refractivity contribution is -0.116. The van der Waals surface area contributed by atoms with E-state index < -0.39 is 16.1 Å². The Bertz CT molecular complexity index is 891. The molecule has 0 saturated carbocycles. The van der Waals surface area contributed by atoms with Gasteiger partial charge in [-0.25, -0.2) is 8.42 Å². The van der Waals surface area contributed by atoms with Gasteiger partial charge in [-0.3, -0.25) is 9.10 Å². The van der Waals surface area contributed by atoms with Gasteiger partial charge in [-0.1, -0.05) is 12.1 Å². The van der Waals surface area contributed by atoms with Gasteiger partial charge >= 0.3 is 0 Å². The third kappa shape index (κ3) is 5.02. The minimum atomic E-state index is -3.63. The lowest BCUT2D eigenvalue weighted by atomic mass is 10.1. The Morgan fingerprint density at radius 1 is 1.12 bits per heavy atom. The zero-order valence-corrected chi connectivity index (χ0v) is 17.2. The molecule has 0 aliphatic heterocycles. The molecule has 0 bridgehead atoms. The zero-order valence-electron chi connectivity index (χ0n) is 15.6. The van der Waals surface area contributed by atoms with E-state index in [1.807, 2.05) is 44.4 Å². The molecule has 0 radical (unpaired) electrons. The smallest absolute Gasteiger partial charge is 0.247 e. The van der Waals surface area contributed by atoms with Gasteiger partial charge in [-0.05, 0) is 68.5 Å². The van der Waals surface area contributed by atoms with E-state index in [4.69, 9.17) is 0 Å². The first-order valence-corrected chi connectivity index (χ1v) is 11.2. The van der Waals surface area contributed by atoms with E-state index in [1.165, 1.54) is 4.31 Å². The fourth-order valence-corrected chi connectivity index (χ4v) is 4.45. The normalized spacial score (nSPS) is 12.5. The summed E-state index contributed by atoms with van der Waals surface area (Å²) in [5.74, 6) is -0.382. The topological polar surface area (TPSA) is 66.5 Å². The number of aryl methyl sites for hydroxylation is 2. The van der Waals surface area contributed by atoms with Gasteiger partial charge in [0.25, 0.3) is 0 Å². The van der Waals surface area contributed by atoms with E-state index in [-0.39, 0.29) is 5.91 Å². The zero-order chi connectivity index (χ0) is 19.5. The van der Waals surface area contributed by atoms with Gasteiger partial charge in [0, 0.05) is 10.6 Å². The number of nitrogens with one attached hydrogen (secondary N) is 1. The van der Waals surface area contributed by atoms with E-state index in [9.17, 15) is 13.2 Å². The number of hydrogen-bond donors (Lipinski definition) is 1. The molecule has 0 heterocycles. The predicted molar refractivity (Wildman–Crippen MR) is 110 cm³/mol. The van der Waals surface area contributed by atoms with E-state index in [1.54, 1.807) is 36.9 Å². The maximum absolute atomic E-state index is 12.7. The van der Waals surface area contributed by atoms with Crippen molar-refractivity contribution in [1.82, 2.24) is 0 Å². The van der Waals surface area contributed by atoms with Gasteiger partial charge in [0.05, 0.1) is 11.9 Å². The molecule has 0 spiro atoms. The Labute approximate surface area is 159 Å². The molecule has 0 aliphatic rings. The maximum atomic E-state index is 12.7. The molecule has 0 saturated heterocycles. The quantitative estimate of drug-likeness (QED) is 0.759. The SMILES string of the molecule is CSc1cccc(NC(=O)[C@H](C)N(c2cc(C)cc(C)c2)S(C)(=O)=O)c1. The van der Waals surface area contributed by atoms with Crippen molar-refractivity contribution in [2.24, 2.45) is 0 Å². The van der Waals surface area contributed by atoms with Crippen molar-refractivity contribution in [2.45, 2.75) is 31.7 Å². The molecule has 0 aromatic heterocycles. The number of hydrogen-bond acceptors (Lipinski definition) is 4. The summed E-state index contributed by atoms with van der Waals surface area (Å²) in [6.45, 7) is 5.39. The van der Waals surface area contributed by atoms with Crippen LogP contribution >= 0.6 is 11.8 Å². The first kappa shape index (κ1) is 20.3. The van der Waals surface area contributed by atoms with E-state index in [0.29, 0.717) is 11.4 Å². The standard InChI is InChI=1S/C19H24N2O3S2/c1-13-9-14(2)11-17(10-13)21(26(5,23)24)15(3)19(22)20-16-7-6-8-18(12-16)25-4/h6-12,15H,1-5H3,(H,20,22)/t15-/m0/s1. The fourth-order valence-electron chi connectivity index (χ4n) is 2.83. The third-order valence-electron chi connectivity index (χ3n) is 3.89. The van der Waals surface area contributed by atoms with Crippen molar-refractivity contribution in [2.75, 3.05) is 22.1 Å². The Hall–Kier alpha value is -1.99.